The molecule has 0 atom stereocenters. The van der Waals surface area contributed by atoms with E-state index in [0.717, 1.165) is 10.0 Å². The SMILES string of the molecule is O=C1NN(c2ccc(Br)cc2)C(=O)/C1=C\c1ccc(Cl)cc1. The Morgan fingerprint density at radius 2 is 1.64 bits per heavy atom. The second kappa shape index (κ2) is 5.94. The third-order valence-electron chi connectivity index (χ3n) is 3.16. The van der Waals surface area contributed by atoms with E-state index in [0.29, 0.717) is 10.7 Å². The van der Waals surface area contributed by atoms with Gasteiger partial charge in [-0.3, -0.25) is 15.0 Å². The van der Waals surface area contributed by atoms with Crippen molar-refractivity contribution in [1.82, 2.24) is 5.43 Å². The lowest BCUT2D eigenvalue weighted by atomic mass is 10.1. The van der Waals surface area contributed by atoms with Gasteiger partial charge in [0.2, 0.25) is 0 Å². The molecule has 0 unspecified atom stereocenters. The predicted octanol–water partition coefficient (Wildman–Crippen LogP) is 3.56. The molecule has 1 N–H and O–H groups in total. The number of hydrogen-bond donors (Lipinski definition) is 1. The third-order valence-corrected chi connectivity index (χ3v) is 3.94. The standard InChI is InChI=1S/C16H10BrClN2O2/c17-11-3-7-13(8-4-11)20-16(22)14(15(21)19-20)9-10-1-5-12(18)6-2-10/h1-9H,(H,19,21)/b14-9-. The van der Waals surface area contributed by atoms with Crippen LogP contribution in [0.4, 0.5) is 5.69 Å². The molecule has 6 heteroatoms. The first-order valence-corrected chi connectivity index (χ1v) is 7.60. The highest BCUT2D eigenvalue weighted by molar-refractivity contribution is 9.10. The van der Waals surface area contributed by atoms with Gasteiger partial charge in [-0.2, -0.15) is 0 Å². The number of nitrogens with zero attached hydrogens (tertiary/aromatic N) is 1. The Balaban J connectivity index is 1.91. The van der Waals surface area contributed by atoms with Gasteiger partial charge in [-0.05, 0) is 48.0 Å². The first kappa shape index (κ1) is 14.8. The first-order valence-electron chi connectivity index (χ1n) is 6.43. The van der Waals surface area contributed by atoms with Crippen molar-refractivity contribution in [3.63, 3.8) is 0 Å². The number of halogens is 2. The van der Waals surface area contributed by atoms with Gasteiger partial charge in [0, 0.05) is 9.50 Å². The number of carbonyl (C=O) groups is 2. The van der Waals surface area contributed by atoms with Crippen molar-refractivity contribution in [2.75, 3.05) is 5.01 Å². The van der Waals surface area contributed by atoms with Crippen LogP contribution in [0.3, 0.4) is 0 Å². The van der Waals surface area contributed by atoms with Crippen molar-refractivity contribution >= 4 is 51.1 Å². The molecule has 0 saturated carbocycles. The van der Waals surface area contributed by atoms with Gasteiger partial charge in [-0.25, -0.2) is 5.01 Å². The van der Waals surface area contributed by atoms with E-state index >= 15 is 0 Å². The summed E-state index contributed by atoms with van der Waals surface area (Å²) in [4.78, 5) is 24.4. The summed E-state index contributed by atoms with van der Waals surface area (Å²) in [6.45, 7) is 0. The van der Waals surface area contributed by atoms with Crippen molar-refractivity contribution in [3.05, 3.63) is 69.2 Å². The topological polar surface area (TPSA) is 49.4 Å². The molecule has 0 aliphatic carbocycles. The maximum absolute atomic E-state index is 12.4. The molecule has 1 aliphatic heterocycles. The Labute approximate surface area is 140 Å². The number of hydrogen-bond acceptors (Lipinski definition) is 2. The molecule has 110 valence electrons. The smallest absolute Gasteiger partial charge is 0.267 e. The highest BCUT2D eigenvalue weighted by Gasteiger charge is 2.34. The molecular weight excluding hydrogens is 368 g/mol. The molecule has 2 amide bonds. The molecule has 0 radical (unpaired) electrons. The first-order chi connectivity index (χ1) is 10.5. The van der Waals surface area contributed by atoms with E-state index < -0.39 is 5.91 Å². The normalized spacial score (nSPS) is 16.3. The zero-order valence-corrected chi connectivity index (χ0v) is 13.6. The Bertz CT molecular complexity index is 770. The predicted molar refractivity (Wildman–Crippen MR) is 89.2 cm³/mol. The van der Waals surface area contributed by atoms with Gasteiger partial charge >= 0.3 is 0 Å². The van der Waals surface area contributed by atoms with Crippen LogP contribution in [0, 0.1) is 0 Å². The molecule has 1 fully saturated rings. The van der Waals surface area contributed by atoms with E-state index in [1.807, 2.05) is 0 Å². The maximum Gasteiger partial charge on any atom is 0.282 e. The monoisotopic (exact) mass is 376 g/mol. The van der Waals surface area contributed by atoms with Crippen LogP contribution in [-0.4, -0.2) is 11.8 Å². The number of nitrogens with one attached hydrogen (secondary N) is 1. The second-order valence-electron chi connectivity index (χ2n) is 4.67. The van der Waals surface area contributed by atoms with E-state index in [4.69, 9.17) is 11.6 Å². The number of anilines is 1. The molecule has 0 aromatic heterocycles. The summed E-state index contributed by atoms with van der Waals surface area (Å²) in [7, 11) is 0. The van der Waals surface area contributed by atoms with Crippen LogP contribution in [0.5, 0.6) is 0 Å². The summed E-state index contributed by atoms with van der Waals surface area (Å²) in [6.07, 6.45) is 1.55. The molecule has 22 heavy (non-hydrogen) atoms. The molecule has 2 aromatic rings. The minimum absolute atomic E-state index is 0.0882. The number of hydrazine groups is 1. The Morgan fingerprint density at radius 1 is 1.00 bits per heavy atom. The summed E-state index contributed by atoms with van der Waals surface area (Å²) in [5, 5.41) is 1.83. The summed E-state index contributed by atoms with van der Waals surface area (Å²) < 4.78 is 0.895. The van der Waals surface area contributed by atoms with Crippen molar-refractivity contribution in [3.8, 4) is 0 Å². The quantitative estimate of drug-likeness (QED) is 0.642. The van der Waals surface area contributed by atoms with Gasteiger partial charge in [0.05, 0.1) is 5.69 Å². The molecular formula is C16H10BrClN2O2. The molecule has 4 nitrogen and oxygen atoms in total. The largest absolute Gasteiger partial charge is 0.282 e. The minimum Gasteiger partial charge on any atom is -0.267 e. The van der Waals surface area contributed by atoms with Crippen LogP contribution in [0.1, 0.15) is 5.56 Å². The summed E-state index contributed by atoms with van der Waals surface area (Å²) in [6, 6.07) is 14.0. The molecule has 3 rings (SSSR count). The van der Waals surface area contributed by atoms with E-state index in [9.17, 15) is 9.59 Å². The van der Waals surface area contributed by atoms with Gasteiger partial charge in [-0.1, -0.05) is 39.7 Å². The van der Waals surface area contributed by atoms with Crippen molar-refractivity contribution in [2.24, 2.45) is 0 Å². The van der Waals surface area contributed by atoms with Gasteiger partial charge in [0.1, 0.15) is 5.57 Å². The average Bonchev–Trinajstić information content (AvgIpc) is 2.78. The van der Waals surface area contributed by atoms with Crippen LogP contribution >= 0.6 is 27.5 Å². The van der Waals surface area contributed by atoms with E-state index in [2.05, 4.69) is 21.4 Å². The van der Waals surface area contributed by atoms with Crippen LogP contribution in [-0.2, 0) is 9.59 Å². The van der Waals surface area contributed by atoms with E-state index in [1.165, 1.54) is 5.01 Å². The Hall–Kier alpha value is -2.11. The lowest BCUT2D eigenvalue weighted by molar-refractivity contribution is -0.117. The van der Waals surface area contributed by atoms with Crippen molar-refractivity contribution < 1.29 is 9.59 Å². The number of amides is 2. The van der Waals surface area contributed by atoms with Crippen LogP contribution < -0.4 is 10.4 Å². The van der Waals surface area contributed by atoms with Crippen LogP contribution in [0.25, 0.3) is 6.08 Å². The Morgan fingerprint density at radius 3 is 2.27 bits per heavy atom. The Kier molecular flexibility index (Phi) is 4.00. The average molecular weight is 378 g/mol. The molecule has 1 heterocycles. The summed E-state index contributed by atoms with van der Waals surface area (Å²) in [5.41, 5.74) is 3.98. The number of rotatable bonds is 2. The lowest BCUT2D eigenvalue weighted by Crippen LogP contribution is -2.35. The van der Waals surface area contributed by atoms with Gasteiger partial charge in [-0.15, -0.1) is 0 Å². The van der Waals surface area contributed by atoms with E-state index in [-0.39, 0.29) is 11.5 Å². The second-order valence-corrected chi connectivity index (χ2v) is 6.02. The van der Waals surface area contributed by atoms with Crippen molar-refractivity contribution in [1.29, 1.82) is 0 Å². The minimum atomic E-state index is -0.428. The van der Waals surface area contributed by atoms with Gasteiger partial charge in [0.25, 0.3) is 11.8 Å². The van der Waals surface area contributed by atoms with Crippen LogP contribution in [0.15, 0.2) is 58.6 Å². The summed E-state index contributed by atoms with van der Waals surface area (Å²) in [5.74, 6) is -0.815. The fraction of sp³-hybridized carbons (Fsp3) is 0. The van der Waals surface area contributed by atoms with Gasteiger partial charge < -0.3 is 0 Å². The number of benzene rings is 2. The fourth-order valence-electron chi connectivity index (χ4n) is 2.06. The molecule has 0 spiro atoms. The molecule has 1 aliphatic rings. The molecule has 2 aromatic carbocycles. The van der Waals surface area contributed by atoms with Gasteiger partial charge in [0.15, 0.2) is 0 Å². The van der Waals surface area contributed by atoms with Crippen molar-refractivity contribution in [2.45, 2.75) is 0 Å². The molecule has 1 saturated heterocycles. The number of carbonyl (C=O) groups excluding carboxylic acids is 2. The highest BCUT2D eigenvalue weighted by Crippen LogP contribution is 2.23. The fourth-order valence-corrected chi connectivity index (χ4v) is 2.45. The van der Waals surface area contributed by atoms with E-state index in [1.54, 1.807) is 54.6 Å². The maximum atomic E-state index is 12.4. The zero-order valence-electron chi connectivity index (χ0n) is 11.2. The third kappa shape index (κ3) is 2.91. The molecule has 0 bridgehead atoms. The summed E-state index contributed by atoms with van der Waals surface area (Å²) >= 11 is 9.15. The zero-order chi connectivity index (χ0) is 15.7. The van der Waals surface area contributed by atoms with Crippen LogP contribution in [0.2, 0.25) is 5.02 Å². The lowest BCUT2D eigenvalue weighted by Gasteiger charge is -2.14. The highest BCUT2D eigenvalue weighted by atomic mass is 79.9.